The van der Waals surface area contributed by atoms with E-state index in [4.69, 9.17) is 37.9 Å². The van der Waals surface area contributed by atoms with Crippen LogP contribution >= 0.6 is 0 Å². The number of aliphatic carboxylic acids is 1. The molecule has 442 valence electrons. The predicted octanol–water partition coefficient (Wildman–Crippen LogP) is -1.47. The topological polar surface area (TPSA) is 374 Å². The minimum absolute atomic E-state index is 0.0183. The molecule has 0 spiro atoms. The highest BCUT2D eigenvalue weighted by Gasteiger charge is 2.70. The van der Waals surface area contributed by atoms with Gasteiger partial charge >= 0.3 is 5.97 Å². The van der Waals surface area contributed by atoms with Gasteiger partial charge in [-0.3, -0.25) is 0 Å². The highest BCUT2D eigenvalue weighted by atomic mass is 16.8. The molecule has 0 amide bonds. The van der Waals surface area contributed by atoms with Crippen LogP contribution in [0.4, 0.5) is 0 Å². The Morgan fingerprint density at radius 2 is 1.16 bits per heavy atom. The zero-order chi connectivity index (χ0) is 56.4. The molecule has 7 unspecified atom stereocenters. The van der Waals surface area contributed by atoms with Crippen LogP contribution in [0, 0.1) is 50.2 Å². The third-order valence-electron chi connectivity index (χ3n) is 21.6. The largest absolute Gasteiger partial charge is 0.479 e. The van der Waals surface area contributed by atoms with Crippen LogP contribution in [-0.4, -0.2) is 232 Å². The average molecular weight is 1110 g/mol. The molecule has 4 saturated heterocycles. The quantitative estimate of drug-likeness (QED) is 0.0783. The lowest BCUT2D eigenvalue weighted by Gasteiger charge is -2.72. The second-order valence-corrected chi connectivity index (χ2v) is 26.4. The van der Waals surface area contributed by atoms with Crippen LogP contribution in [0.1, 0.15) is 113 Å². The van der Waals surface area contributed by atoms with Crippen molar-refractivity contribution in [3.63, 3.8) is 0 Å². The van der Waals surface area contributed by atoms with E-state index >= 15 is 0 Å². The fraction of sp³-hybridized carbons (Fsp3) is 0.944. The summed E-state index contributed by atoms with van der Waals surface area (Å²) in [6, 6.07) is 0. The van der Waals surface area contributed by atoms with Gasteiger partial charge in [0, 0.05) is 10.8 Å². The van der Waals surface area contributed by atoms with Gasteiger partial charge in [-0.1, -0.05) is 60.1 Å². The molecule has 5 aliphatic carbocycles. The van der Waals surface area contributed by atoms with Crippen molar-refractivity contribution in [2.75, 3.05) is 19.8 Å². The van der Waals surface area contributed by atoms with Crippen molar-refractivity contribution in [2.24, 2.45) is 50.2 Å². The zero-order valence-electron chi connectivity index (χ0n) is 45.4. The molecular formula is C54H88O23. The summed E-state index contributed by atoms with van der Waals surface area (Å²) < 4.78 is 48.9. The van der Waals surface area contributed by atoms with Crippen LogP contribution in [0.5, 0.6) is 0 Å². The number of ether oxygens (including phenoxy) is 8. The second kappa shape index (κ2) is 21.5. The van der Waals surface area contributed by atoms with E-state index in [0.717, 1.165) is 38.5 Å². The monoisotopic (exact) mass is 1100 g/mol. The van der Waals surface area contributed by atoms with E-state index in [1.807, 2.05) is 6.92 Å². The van der Waals surface area contributed by atoms with Crippen LogP contribution in [0.3, 0.4) is 0 Å². The number of carboxylic acids is 1. The molecule has 8 fully saturated rings. The molecule has 4 heterocycles. The maximum Gasteiger partial charge on any atom is 0.335 e. The minimum Gasteiger partial charge on any atom is -0.479 e. The molecule has 14 N–H and O–H groups in total. The molecule has 4 aliphatic heterocycles. The van der Waals surface area contributed by atoms with Gasteiger partial charge in [0.15, 0.2) is 31.3 Å². The van der Waals surface area contributed by atoms with Crippen molar-refractivity contribution >= 4 is 5.97 Å². The fourth-order valence-corrected chi connectivity index (χ4v) is 16.6. The lowest BCUT2D eigenvalue weighted by molar-refractivity contribution is -0.410. The van der Waals surface area contributed by atoms with Crippen molar-refractivity contribution in [3.05, 3.63) is 11.6 Å². The van der Waals surface area contributed by atoms with Crippen molar-refractivity contribution in [3.8, 4) is 0 Å². The number of aliphatic hydroxyl groups excluding tert-OH is 13. The summed E-state index contributed by atoms with van der Waals surface area (Å²) in [4.78, 5) is 12.7. The number of hydrogen-bond donors (Lipinski definition) is 14. The minimum atomic E-state index is -2.18. The summed E-state index contributed by atoms with van der Waals surface area (Å²) in [5, 5.41) is 154. The Kier molecular flexibility index (Phi) is 16.8. The van der Waals surface area contributed by atoms with E-state index < -0.39 is 160 Å². The Balaban J connectivity index is 1.03. The molecule has 4 saturated carbocycles. The summed E-state index contributed by atoms with van der Waals surface area (Å²) >= 11 is 0. The van der Waals surface area contributed by atoms with Crippen LogP contribution in [0.15, 0.2) is 11.6 Å². The van der Waals surface area contributed by atoms with Gasteiger partial charge < -0.3 is 109 Å². The predicted molar refractivity (Wildman–Crippen MR) is 263 cm³/mol. The lowest BCUT2D eigenvalue weighted by atomic mass is 9.33. The van der Waals surface area contributed by atoms with Gasteiger partial charge in [0.1, 0.15) is 85.5 Å². The Hall–Kier alpha value is -1.63. The normalized spacial score (nSPS) is 55.7. The number of allylic oxidation sites excluding steroid dienone is 2. The molecule has 30 atom stereocenters. The van der Waals surface area contributed by atoms with Crippen molar-refractivity contribution < 1.29 is 114 Å². The first-order chi connectivity index (χ1) is 36.0. The summed E-state index contributed by atoms with van der Waals surface area (Å²) in [7, 11) is 0. The molecule has 23 nitrogen and oxygen atoms in total. The summed E-state index contributed by atoms with van der Waals surface area (Å²) in [5.41, 5.74) is -0.425. The van der Waals surface area contributed by atoms with Crippen LogP contribution < -0.4 is 0 Å². The maximum atomic E-state index is 12.7. The van der Waals surface area contributed by atoms with Crippen molar-refractivity contribution in [2.45, 2.75) is 248 Å². The third kappa shape index (κ3) is 9.70. The number of fused-ring (bicyclic) bond motifs is 7. The summed E-state index contributed by atoms with van der Waals surface area (Å²) in [6.45, 7) is 15.0. The van der Waals surface area contributed by atoms with E-state index in [-0.39, 0.29) is 51.4 Å². The molecule has 9 aliphatic rings. The standard InChI is InChI=1S/C54H88O23/c1-22-31(59)34(62)38(66)45(70-22)77-43-40(74-46-39(67)35(63)32(60)25(19-55)71-46)33(61)26(20-56)72-48(43)76-42-37(65)36(64)41(44(68)69)75-47(42)73-30-12-13-51(5)27(52(30,6)21-57)11-14-54(8)28(51)10-9-23-24-17-49(2,3)18-29(58)50(24,4)15-16-53(23,54)7/h9,22,24-43,45-48,55-67H,10-21H2,1-8H3,(H,68,69)/t22-,24?,25+,26+,27?,28?,29+,30-,31-,32+,33-,34+,35-,36-,37-,38+,39+,40-,41-,42+,43+,45?,46?,47?,48?,50+,51-,52+,53+,54+/m0/s1. The third-order valence-corrected chi connectivity index (χ3v) is 21.6. The SMILES string of the molecule is C[C@@H]1OC(O[C@H]2C(O[C@H]3C(O[C@H]4CC[C@@]5(C)C(CC[C@]6(C)C5CC=C5C7CC(C)(C)C[C@@H](O)[C@]7(C)CC[C@]56C)[C@@]4(C)CO)O[C@H](C(=O)O)[C@@H](O)[C@@H]3O)O[C@H](CO)[C@H](O)[C@@H]2OC2O[C@H](CO)[C@@H](O)[C@H](O)[C@H]2O)[C@H](O)[C@H](O)[C@H]1O. The van der Waals surface area contributed by atoms with E-state index in [2.05, 4.69) is 47.6 Å². The first-order valence-corrected chi connectivity index (χ1v) is 27.8. The van der Waals surface area contributed by atoms with Gasteiger partial charge in [-0.15, -0.1) is 0 Å². The molecule has 0 aromatic carbocycles. The van der Waals surface area contributed by atoms with E-state index in [9.17, 15) is 76.3 Å². The molecular weight excluding hydrogens is 1020 g/mol. The highest BCUT2D eigenvalue weighted by Crippen LogP contribution is 2.76. The van der Waals surface area contributed by atoms with Crippen molar-refractivity contribution in [1.82, 2.24) is 0 Å². The smallest absolute Gasteiger partial charge is 0.335 e. The van der Waals surface area contributed by atoms with Gasteiger partial charge in [0.05, 0.1) is 38.1 Å². The average Bonchev–Trinajstić information content (AvgIpc) is 3.37. The molecule has 0 aromatic rings. The molecule has 9 rings (SSSR count). The van der Waals surface area contributed by atoms with Gasteiger partial charge in [0.2, 0.25) is 0 Å². The maximum absolute atomic E-state index is 12.7. The lowest BCUT2D eigenvalue weighted by Crippen LogP contribution is -2.69. The number of carboxylic acid groups (broad SMARTS) is 1. The summed E-state index contributed by atoms with van der Waals surface area (Å²) in [5.74, 6) is -1.39. The summed E-state index contributed by atoms with van der Waals surface area (Å²) in [6.07, 6.45) is -29.5. The molecule has 0 radical (unpaired) electrons. The van der Waals surface area contributed by atoms with Gasteiger partial charge in [-0.05, 0) is 104 Å². The van der Waals surface area contributed by atoms with Gasteiger partial charge in [-0.25, -0.2) is 4.79 Å². The van der Waals surface area contributed by atoms with Gasteiger partial charge in [-0.2, -0.15) is 0 Å². The van der Waals surface area contributed by atoms with Crippen LogP contribution in [0.2, 0.25) is 0 Å². The van der Waals surface area contributed by atoms with E-state index in [0.29, 0.717) is 19.3 Å². The van der Waals surface area contributed by atoms with Crippen LogP contribution in [0.25, 0.3) is 0 Å². The second-order valence-electron chi connectivity index (χ2n) is 26.4. The van der Waals surface area contributed by atoms with E-state index in [1.165, 1.54) is 12.5 Å². The Morgan fingerprint density at radius 1 is 0.571 bits per heavy atom. The molecule has 0 aromatic heterocycles. The Morgan fingerprint density at radius 3 is 1.79 bits per heavy atom. The number of rotatable bonds is 12. The van der Waals surface area contributed by atoms with E-state index in [1.54, 1.807) is 0 Å². The molecule has 0 bridgehead atoms. The molecule has 77 heavy (non-hydrogen) atoms. The first-order valence-electron chi connectivity index (χ1n) is 27.8. The first kappa shape index (κ1) is 60.0. The van der Waals surface area contributed by atoms with Gasteiger partial charge in [0.25, 0.3) is 0 Å². The highest BCUT2D eigenvalue weighted by molar-refractivity contribution is 5.73. The Bertz CT molecular complexity index is 2130. The number of hydrogen-bond acceptors (Lipinski definition) is 22. The number of aliphatic hydroxyl groups is 13. The van der Waals surface area contributed by atoms with Crippen molar-refractivity contribution in [1.29, 1.82) is 0 Å². The number of carbonyl (C=O) groups is 1. The Labute approximate surface area is 449 Å². The zero-order valence-corrected chi connectivity index (χ0v) is 45.4. The fourth-order valence-electron chi connectivity index (χ4n) is 16.6. The van der Waals surface area contributed by atoms with Crippen LogP contribution in [-0.2, 0) is 42.7 Å². The molecule has 23 heteroatoms.